The van der Waals surface area contributed by atoms with Gasteiger partial charge in [0.1, 0.15) is 0 Å². The Labute approximate surface area is 70.0 Å². The van der Waals surface area contributed by atoms with Crippen LogP contribution in [0.15, 0.2) is 0 Å². The van der Waals surface area contributed by atoms with Crippen molar-refractivity contribution < 1.29 is 13.9 Å². The molecule has 0 aromatic carbocycles. The number of nitrogens with one attached hydrogen (secondary N) is 1. The first-order valence-electron chi connectivity index (χ1n) is 4.34. The van der Waals surface area contributed by atoms with E-state index in [1.54, 1.807) is 0 Å². The fraction of sp³-hybridized carbons (Fsp3) is 1.00. The summed E-state index contributed by atoms with van der Waals surface area (Å²) in [5.41, 5.74) is 0. The van der Waals surface area contributed by atoms with Crippen LogP contribution in [0.25, 0.3) is 0 Å². The lowest BCUT2D eigenvalue weighted by Crippen LogP contribution is -2.32. The van der Waals surface area contributed by atoms with Crippen molar-refractivity contribution in [2.75, 3.05) is 13.2 Å². The van der Waals surface area contributed by atoms with Crippen molar-refractivity contribution >= 4 is 0 Å². The van der Waals surface area contributed by atoms with Crippen molar-refractivity contribution in [2.24, 2.45) is 11.8 Å². The molecule has 0 aromatic heterocycles. The molecule has 1 heterocycles. The van der Waals surface area contributed by atoms with Crippen LogP contribution in [0.3, 0.4) is 0 Å². The molecule has 1 aliphatic heterocycles. The van der Waals surface area contributed by atoms with Crippen molar-refractivity contribution in [2.45, 2.75) is 24.8 Å². The largest absolute Gasteiger partial charge is 0.395 e. The molecule has 2 rings (SSSR count). The van der Waals surface area contributed by atoms with Crippen LogP contribution in [-0.4, -0.2) is 30.2 Å². The zero-order valence-electron chi connectivity index (χ0n) is 6.76. The Hall–Kier alpha value is -0.220. The van der Waals surface area contributed by atoms with Gasteiger partial charge in [0, 0.05) is 18.9 Å². The lowest BCUT2D eigenvalue weighted by atomic mass is 9.95. The van der Waals surface area contributed by atoms with Gasteiger partial charge in [-0.15, -0.1) is 0 Å². The molecule has 4 heteroatoms. The Morgan fingerprint density at radius 2 is 2.17 bits per heavy atom. The summed E-state index contributed by atoms with van der Waals surface area (Å²) in [5.74, 6) is -2.41. The first-order chi connectivity index (χ1) is 5.62. The maximum atomic E-state index is 12.9. The van der Waals surface area contributed by atoms with Crippen LogP contribution in [-0.2, 0) is 0 Å². The molecule has 0 spiro atoms. The first kappa shape index (κ1) is 8.38. The van der Waals surface area contributed by atoms with Crippen LogP contribution in [0.5, 0.6) is 0 Å². The van der Waals surface area contributed by atoms with Crippen molar-refractivity contribution in [3.8, 4) is 0 Å². The predicted octanol–water partition coefficient (Wildman–Crippen LogP) is 0.612. The van der Waals surface area contributed by atoms with E-state index in [1.165, 1.54) is 0 Å². The zero-order valence-corrected chi connectivity index (χ0v) is 6.76. The average molecular weight is 177 g/mol. The Morgan fingerprint density at radius 1 is 1.42 bits per heavy atom. The predicted molar refractivity (Wildman–Crippen MR) is 40.0 cm³/mol. The normalized spacial score (nSPS) is 44.8. The second kappa shape index (κ2) is 2.64. The summed E-state index contributed by atoms with van der Waals surface area (Å²) in [6.45, 7) is 0.628. The van der Waals surface area contributed by atoms with Gasteiger partial charge in [0.15, 0.2) is 0 Å². The fourth-order valence-corrected chi connectivity index (χ4v) is 2.48. The van der Waals surface area contributed by atoms with E-state index < -0.39 is 5.92 Å². The summed E-state index contributed by atoms with van der Waals surface area (Å²) in [5, 5.41) is 11.9. The topological polar surface area (TPSA) is 32.3 Å². The van der Waals surface area contributed by atoms with Gasteiger partial charge in [-0.3, -0.25) is 0 Å². The zero-order chi connectivity index (χ0) is 8.77. The fourth-order valence-electron chi connectivity index (χ4n) is 2.48. The van der Waals surface area contributed by atoms with E-state index in [9.17, 15) is 8.78 Å². The van der Waals surface area contributed by atoms with Gasteiger partial charge in [-0.05, 0) is 18.4 Å². The molecule has 12 heavy (non-hydrogen) atoms. The standard InChI is InChI=1S/C8H13F2NO/c9-8(10)1-5-3-11-7(4-12)6(5)2-8/h5-7,11-12H,1-4H2/t5?,6-,7?/m0/s1. The highest BCUT2D eigenvalue weighted by Crippen LogP contribution is 2.46. The molecule has 2 nitrogen and oxygen atoms in total. The molecule has 1 aliphatic carbocycles. The molecule has 0 radical (unpaired) electrons. The van der Waals surface area contributed by atoms with Gasteiger partial charge in [0.05, 0.1) is 6.61 Å². The first-order valence-corrected chi connectivity index (χ1v) is 4.34. The Morgan fingerprint density at radius 3 is 2.83 bits per heavy atom. The molecule has 0 amide bonds. The summed E-state index contributed by atoms with van der Waals surface area (Å²) >= 11 is 0. The highest BCUT2D eigenvalue weighted by Gasteiger charge is 2.51. The van der Waals surface area contributed by atoms with E-state index in [4.69, 9.17) is 5.11 Å². The van der Waals surface area contributed by atoms with Crippen molar-refractivity contribution in [3.05, 3.63) is 0 Å². The van der Waals surface area contributed by atoms with Crippen molar-refractivity contribution in [1.29, 1.82) is 0 Å². The summed E-state index contributed by atoms with van der Waals surface area (Å²) in [6.07, 6.45) is -0.0446. The van der Waals surface area contributed by atoms with Gasteiger partial charge in [0.2, 0.25) is 5.92 Å². The van der Waals surface area contributed by atoms with Crippen LogP contribution in [0, 0.1) is 11.8 Å². The molecule has 3 atom stereocenters. The summed E-state index contributed by atoms with van der Waals surface area (Å²) < 4.78 is 25.7. The molecule has 70 valence electrons. The van der Waals surface area contributed by atoms with Crippen LogP contribution >= 0.6 is 0 Å². The lowest BCUT2D eigenvalue weighted by molar-refractivity contribution is -0.00159. The van der Waals surface area contributed by atoms with Crippen molar-refractivity contribution in [1.82, 2.24) is 5.32 Å². The molecule has 2 unspecified atom stereocenters. The van der Waals surface area contributed by atoms with E-state index in [-0.39, 0.29) is 37.3 Å². The third kappa shape index (κ3) is 1.23. The second-order valence-corrected chi connectivity index (χ2v) is 3.89. The lowest BCUT2D eigenvalue weighted by Gasteiger charge is -2.15. The van der Waals surface area contributed by atoms with E-state index in [2.05, 4.69) is 5.32 Å². The maximum absolute atomic E-state index is 12.9. The minimum atomic E-state index is -2.48. The van der Waals surface area contributed by atoms with Gasteiger partial charge < -0.3 is 10.4 Å². The van der Waals surface area contributed by atoms with Crippen molar-refractivity contribution in [3.63, 3.8) is 0 Å². The number of halogens is 2. The molecule has 2 N–H and O–H groups in total. The van der Waals surface area contributed by atoms with Crippen LogP contribution in [0.1, 0.15) is 12.8 Å². The van der Waals surface area contributed by atoms with E-state index in [0.717, 1.165) is 0 Å². The molecule has 1 saturated heterocycles. The van der Waals surface area contributed by atoms with Gasteiger partial charge in [-0.2, -0.15) is 0 Å². The van der Waals surface area contributed by atoms with E-state index in [0.29, 0.717) is 6.54 Å². The number of hydrogen-bond acceptors (Lipinski definition) is 2. The van der Waals surface area contributed by atoms with Crippen LogP contribution < -0.4 is 5.32 Å². The number of aliphatic hydroxyl groups excluding tert-OH is 1. The van der Waals surface area contributed by atoms with Crippen LogP contribution in [0.4, 0.5) is 8.78 Å². The Kier molecular flexibility index (Phi) is 1.84. The van der Waals surface area contributed by atoms with E-state index >= 15 is 0 Å². The highest BCUT2D eigenvalue weighted by atomic mass is 19.3. The number of fused-ring (bicyclic) bond motifs is 1. The Bertz CT molecular complexity index is 186. The smallest absolute Gasteiger partial charge is 0.248 e. The molecule has 1 saturated carbocycles. The summed E-state index contributed by atoms with van der Waals surface area (Å²) in [6, 6.07) is -0.0941. The number of aliphatic hydroxyl groups is 1. The van der Waals surface area contributed by atoms with Crippen LogP contribution in [0.2, 0.25) is 0 Å². The second-order valence-electron chi connectivity index (χ2n) is 3.89. The van der Waals surface area contributed by atoms with E-state index in [1.807, 2.05) is 0 Å². The van der Waals surface area contributed by atoms with Gasteiger partial charge in [0.25, 0.3) is 0 Å². The quantitative estimate of drug-likeness (QED) is 0.615. The van der Waals surface area contributed by atoms with Gasteiger partial charge in [-0.1, -0.05) is 0 Å². The molecular formula is C8H13F2NO. The maximum Gasteiger partial charge on any atom is 0.248 e. The Balaban J connectivity index is 2.06. The highest BCUT2D eigenvalue weighted by molar-refractivity contribution is 4.99. The SMILES string of the molecule is OCC1NCC2CC(F)(F)C[C@@H]21. The summed E-state index contributed by atoms with van der Waals surface area (Å²) in [4.78, 5) is 0. The van der Waals surface area contributed by atoms with Gasteiger partial charge >= 0.3 is 0 Å². The number of hydrogen-bond donors (Lipinski definition) is 2. The number of alkyl halides is 2. The molecule has 2 aliphatic rings. The minimum absolute atomic E-state index is 0.00116. The molecule has 2 fully saturated rings. The third-order valence-corrected chi connectivity index (χ3v) is 3.06. The van der Waals surface area contributed by atoms with Gasteiger partial charge in [-0.25, -0.2) is 8.78 Å². The summed E-state index contributed by atoms with van der Waals surface area (Å²) in [7, 11) is 0. The molecule has 0 aromatic rings. The minimum Gasteiger partial charge on any atom is -0.395 e. The third-order valence-electron chi connectivity index (χ3n) is 3.06. The monoisotopic (exact) mass is 177 g/mol. The average Bonchev–Trinajstić information content (AvgIpc) is 2.42. The molecule has 0 bridgehead atoms. The molecular weight excluding hydrogens is 164 g/mol. The number of rotatable bonds is 1.